The van der Waals surface area contributed by atoms with Gasteiger partial charge in [0, 0.05) is 17.0 Å². The number of nitriles is 1. The summed E-state index contributed by atoms with van der Waals surface area (Å²) < 4.78 is 28.4. The van der Waals surface area contributed by atoms with Gasteiger partial charge >= 0.3 is 0 Å². The number of nitrogens with one attached hydrogen (secondary N) is 1. The third-order valence-corrected chi connectivity index (χ3v) is 8.29. The zero-order valence-corrected chi connectivity index (χ0v) is 18.4. The fourth-order valence-electron chi connectivity index (χ4n) is 3.68. The van der Waals surface area contributed by atoms with E-state index in [4.69, 9.17) is 0 Å². The molecule has 1 heterocycles. The van der Waals surface area contributed by atoms with Crippen LogP contribution in [-0.2, 0) is 22.9 Å². The minimum atomic E-state index is -4.07. The molecule has 0 unspecified atom stereocenters. The van der Waals surface area contributed by atoms with E-state index in [1.54, 1.807) is 6.92 Å². The van der Waals surface area contributed by atoms with Crippen molar-refractivity contribution in [1.82, 2.24) is 0 Å². The molecule has 29 heavy (non-hydrogen) atoms. The first-order chi connectivity index (χ1) is 13.4. The van der Waals surface area contributed by atoms with E-state index < -0.39 is 14.9 Å². The molecule has 1 atom stereocenters. The van der Waals surface area contributed by atoms with Gasteiger partial charge in [-0.3, -0.25) is 14.8 Å². The van der Waals surface area contributed by atoms with E-state index in [0.717, 1.165) is 35.8 Å². The van der Waals surface area contributed by atoms with E-state index in [1.165, 1.54) is 23.5 Å². The summed E-state index contributed by atoms with van der Waals surface area (Å²) in [4.78, 5) is 11.3. The zero-order valence-electron chi connectivity index (χ0n) is 16.8. The Kier molecular flexibility index (Phi) is 5.45. The van der Waals surface area contributed by atoms with Gasteiger partial charge in [-0.2, -0.15) is 5.26 Å². The molecule has 3 rings (SSSR count). The second-order valence-electron chi connectivity index (χ2n) is 8.44. The Bertz CT molecular complexity index is 1120. The van der Waals surface area contributed by atoms with Gasteiger partial charge in [0.05, 0.1) is 15.4 Å². The van der Waals surface area contributed by atoms with E-state index in [0.29, 0.717) is 17.0 Å². The highest BCUT2D eigenvalue weighted by atomic mass is 32.2. The molecular weight excluding hydrogens is 410 g/mol. The molecule has 0 bridgehead atoms. The number of rotatable bonds is 4. The summed E-state index contributed by atoms with van der Waals surface area (Å²) >= 11 is 1.30. The molecule has 1 aliphatic carbocycles. The van der Waals surface area contributed by atoms with E-state index >= 15 is 0 Å². The second-order valence-corrected chi connectivity index (χ2v) is 11.2. The molecule has 1 N–H and O–H groups in total. The van der Waals surface area contributed by atoms with E-state index in [2.05, 4.69) is 31.6 Å². The van der Waals surface area contributed by atoms with Gasteiger partial charge in [0.2, 0.25) is 0 Å². The summed E-state index contributed by atoms with van der Waals surface area (Å²) in [7, 11) is -4.07. The van der Waals surface area contributed by atoms with Gasteiger partial charge in [-0.15, -0.1) is 11.3 Å². The number of sulfonamides is 1. The lowest BCUT2D eigenvalue weighted by molar-refractivity contribution is -0.385. The van der Waals surface area contributed by atoms with Crippen LogP contribution in [0.2, 0.25) is 0 Å². The number of hydrogen-bond acceptors (Lipinski definition) is 6. The third-order valence-electron chi connectivity index (χ3n) is 5.50. The predicted molar refractivity (Wildman–Crippen MR) is 113 cm³/mol. The molecule has 1 aliphatic rings. The highest BCUT2D eigenvalue weighted by Crippen LogP contribution is 2.44. The summed E-state index contributed by atoms with van der Waals surface area (Å²) in [6, 6.07) is 5.88. The molecule has 1 aromatic carbocycles. The number of non-ortho nitro benzene ring substituents is 1. The maximum absolute atomic E-state index is 13.0. The summed E-state index contributed by atoms with van der Waals surface area (Å²) in [5, 5.41) is 21.0. The first-order valence-corrected chi connectivity index (χ1v) is 11.6. The molecule has 0 saturated carbocycles. The Hall–Kier alpha value is -2.44. The average molecular weight is 434 g/mol. The van der Waals surface area contributed by atoms with Crippen molar-refractivity contribution in [1.29, 1.82) is 5.26 Å². The van der Waals surface area contributed by atoms with Gasteiger partial charge < -0.3 is 0 Å². The van der Waals surface area contributed by atoms with Gasteiger partial charge in [0.1, 0.15) is 11.1 Å². The van der Waals surface area contributed by atoms with Crippen molar-refractivity contribution >= 4 is 32.0 Å². The summed E-state index contributed by atoms with van der Waals surface area (Å²) in [5.74, 6) is 0.462. The molecule has 154 valence electrons. The molecule has 0 amide bonds. The van der Waals surface area contributed by atoms with Gasteiger partial charge in [0.15, 0.2) is 0 Å². The monoisotopic (exact) mass is 433 g/mol. The molecular formula is C20H23N3O4S2. The third kappa shape index (κ3) is 4.14. The topological polar surface area (TPSA) is 113 Å². The Labute approximate surface area is 174 Å². The molecule has 9 heteroatoms. The van der Waals surface area contributed by atoms with Crippen LogP contribution >= 0.6 is 11.3 Å². The van der Waals surface area contributed by atoms with Crippen molar-refractivity contribution in [3.63, 3.8) is 0 Å². The van der Waals surface area contributed by atoms with Crippen molar-refractivity contribution in [2.24, 2.45) is 11.3 Å². The summed E-state index contributed by atoms with van der Waals surface area (Å²) in [6.07, 6.45) is 2.52. The van der Waals surface area contributed by atoms with Crippen LogP contribution in [0.5, 0.6) is 0 Å². The zero-order chi connectivity index (χ0) is 21.6. The van der Waals surface area contributed by atoms with Gasteiger partial charge in [-0.05, 0) is 48.6 Å². The van der Waals surface area contributed by atoms with E-state index in [1.807, 2.05) is 0 Å². The van der Waals surface area contributed by atoms with Crippen LogP contribution in [0.1, 0.15) is 48.8 Å². The quantitative estimate of drug-likeness (QED) is 0.550. The Morgan fingerprint density at radius 1 is 1.34 bits per heavy atom. The second kappa shape index (κ2) is 7.43. The predicted octanol–water partition coefficient (Wildman–Crippen LogP) is 4.79. The van der Waals surface area contributed by atoms with Gasteiger partial charge in [0.25, 0.3) is 15.7 Å². The van der Waals surface area contributed by atoms with Crippen molar-refractivity contribution in [3.05, 3.63) is 49.9 Å². The van der Waals surface area contributed by atoms with Crippen LogP contribution in [0.25, 0.3) is 0 Å². The van der Waals surface area contributed by atoms with E-state index in [9.17, 15) is 23.8 Å². The summed E-state index contributed by atoms with van der Waals surface area (Å²) in [5.41, 5.74) is 1.52. The van der Waals surface area contributed by atoms with Crippen LogP contribution < -0.4 is 4.72 Å². The summed E-state index contributed by atoms with van der Waals surface area (Å²) in [6.45, 7) is 8.15. The first-order valence-electron chi connectivity index (χ1n) is 9.26. The number of hydrogen-bond donors (Lipinski definition) is 1. The van der Waals surface area contributed by atoms with E-state index in [-0.39, 0.29) is 21.0 Å². The molecule has 0 saturated heterocycles. The van der Waals surface area contributed by atoms with Crippen LogP contribution in [0.4, 0.5) is 10.7 Å². The Morgan fingerprint density at radius 2 is 2.03 bits per heavy atom. The standard InChI is InChI=1S/C20H23N3O4S2/c1-12-5-7-14(23(24)25)10-18(12)29(26,27)22-19-16(11-21)15-8-6-13(20(2,3)4)9-17(15)28-19/h5,7,10,13,22H,6,8-9H2,1-4H3/t13-/m0/s1. The normalized spacial score (nSPS) is 16.7. The van der Waals surface area contributed by atoms with Crippen molar-refractivity contribution in [2.45, 2.75) is 51.9 Å². The number of anilines is 1. The molecule has 7 nitrogen and oxygen atoms in total. The smallest absolute Gasteiger partial charge is 0.269 e. The van der Waals surface area contributed by atoms with Crippen LogP contribution in [0.15, 0.2) is 23.1 Å². The number of aryl methyl sites for hydroxylation is 1. The maximum Gasteiger partial charge on any atom is 0.270 e. The van der Waals surface area contributed by atoms with Crippen LogP contribution in [-0.4, -0.2) is 13.3 Å². The van der Waals surface area contributed by atoms with Crippen LogP contribution in [0, 0.1) is 39.7 Å². The largest absolute Gasteiger partial charge is 0.270 e. The molecule has 0 radical (unpaired) electrons. The SMILES string of the molecule is Cc1ccc([N+](=O)[O-])cc1S(=O)(=O)Nc1sc2c(c1C#N)CC[C@H](C(C)(C)C)C2. The first kappa shape index (κ1) is 21.3. The molecule has 1 aromatic heterocycles. The maximum atomic E-state index is 13.0. The number of nitro groups is 1. The average Bonchev–Trinajstić information content (AvgIpc) is 2.96. The lowest BCUT2D eigenvalue weighted by atomic mass is 9.72. The fraction of sp³-hybridized carbons (Fsp3) is 0.450. The Balaban J connectivity index is 1.99. The fourth-order valence-corrected chi connectivity index (χ4v) is 6.53. The molecule has 0 fully saturated rings. The van der Waals surface area contributed by atoms with Gasteiger partial charge in [-0.1, -0.05) is 26.8 Å². The molecule has 2 aromatic rings. The van der Waals surface area contributed by atoms with Crippen molar-refractivity contribution in [2.75, 3.05) is 4.72 Å². The molecule has 0 spiro atoms. The number of nitrogens with zero attached hydrogens (tertiary/aromatic N) is 2. The highest BCUT2D eigenvalue weighted by Gasteiger charge is 2.33. The lowest BCUT2D eigenvalue weighted by Crippen LogP contribution is -2.26. The number of fused-ring (bicyclic) bond motifs is 1. The van der Waals surface area contributed by atoms with Gasteiger partial charge in [-0.25, -0.2) is 8.42 Å². The van der Waals surface area contributed by atoms with Crippen molar-refractivity contribution < 1.29 is 13.3 Å². The number of benzene rings is 1. The number of nitro benzene ring substituents is 1. The minimum absolute atomic E-state index is 0.133. The van der Waals surface area contributed by atoms with Crippen molar-refractivity contribution in [3.8, 4) is 6.07 Å². The number of thiophene rings is 1. The Morgan fingerprint density at radius 3 is 2.62 bits per heavy atom. The highest BCUT2D eigenvalue weighted by molar-refractivity contribution is 7.93. The minimum Gasteiger partial charge on any atom is -0.269 e. The molecule has 0 aliphatic heterocycles. The lowest BCUT2D eigenvalue weighted by Gasteiger charge is -2.33. The van der Waals surface area contributed by atoms with Crippen LogP contribution in [0.3, 0.4) is 0 Å².